The van der Waals surface area contributed by atoms with Crippen LogP contribution < -0.4 is 0 Å². The Labute approximate surface area is 397 Å². The van der Waals surface area contributed by atoms with E-state index >= 15 is 0 Å². The van der Waals surface area contributed by atoms with Crippen molar-refractivity contribution in [2.24, 2.45) is 11.8 Å². The molecular formula is C46H76O22. The highest BCUT2D eigenvalue weighted by atomic mass is 16.8. The van der Waals surface area contributed by atoms with Crippen molar-refractivity contribution in [2.45, 2.75) is 220 Å². The number of methoxy groups -OCH3 is 1. The summed E-state index contributed by atoms with van der Waals surface area (Å²) in [5.41, 5.74) is 0. The summed E-state index contributed by atoms with van der Waals surface area (Å²) >= 11 is 0. The molecule has 22 nitrogen and oxygen atoms in total. The predicted molar refractivity (Wildman–Crippen MR) is 227 cm³/mol. The Kier molecular flexibility index (Phi) is 18.7. The van der Waals surface area contributed by atoms with Gasteiger partial charge in [0.05, 0.1) is 102 Å². The summed E-state index contributed by atoms with van der Waals surface area (Å²) < 4.78 is 104. The van der Waals surface area contributed by atoms with Crippen LogP contribution >= 0.6 is 0 Å². The molecule has 68 heavy (non-hydrogen) atoms. The Morgan fingerprint density at radius 3 is 1.03 bits per heavy atom. The third-order valence-corrected chi connectivity index (χ3v) is 14.4. The van der Waals surface area contributed by atoms with E-state index in [1.807, 2.05) is 6.92 Å². The molecule has 22 heteroatoms. The maximum absolute atomic E-state index is 11.2. The third kappa shape index (κ3) is 13.4. The van der Waals surface area contributed by atoms with Crippen molar-refractivity contribution in [1.82, 2.24) is 0 Å². The lowest BCUT2D eigenvalue weighted by atomic mass is 9.92. The summed E-state index contributed by atoms with van der Waals surface area (Å²) in [6.45, 7) is 5.43. The fourth-order valence-corrected chi connectivity index (χ4v) is 10.7. The van der Waals surface area contributed by atoms with Gasteiger partial charge in [-0.2, -0.15) is 0 Å². The van der Waals surface area contributed by atoms with Gasteiger partial charge in [0.15, 0.2) is 50.3 Å². The van der Waals surface area contributed by atoms with Gasteiger partial charge in [-0.25, -0.2) is 0 Å². The quantitative estimate of drug-likeness (QED) is 0.254. The van der Waals surface area contributed by atoms with E-state index < -0.39 is 124 Å². The number of hydrogen-bond donors (Lipinski definition) is 5. The van der Waals surface area contributed by atoms with E-state index in [9.17, 15) is 25.5 Å². The average molecular weight is 981 g/mol. The van der Waals surface area contributed by atoms with Crippen LogP contribution in [-0.2, 0) is 80.5 Å². The standard InChI is InChI=1S/C46H76O22/c1-4-5-6-24-8-26-16-54-40(24)62-28-10-34(48)43(56-18-28)65-30-12-36(50)45(58-20-30)67-32-14-38(52-3)46(60-22-32)68-31-13-37(51)44(59-21-31)66-29-11-35(49)41(57-19-29)63-25-7-23(2)39(53-15-25)61-27-9-33(47)42(64-26)55-17-27/h23-51H,4-22H2,1-3H3/t23-,24-,25+,26+,27+,28+,29+,30+,31+,32+,33-,34-,35-,36-,37-,38-,39-,40-,41-,42-,43-,44-,45-,46-/m1/s1. The first-order valence-corrected chi connectivity index (χ1v) is 25.1. The van der Waals surface area contributed by atoms with Crippen molar-refractivity contribution in [2.75, 3.05) is 60.0 Å². The Hall–Kier alpha value is -0.880. The minimum absolute atomic E-state index is 0.000217. The van der Waals surface area contributed by atoms with E-state index in [1.165, 1.54) is 0 Å². The van der Waals surface area contributed by atoms with Gasteiger partial charge in [-0.3, -0.25) is 0 Å². The van der Waals surface area contributed by atoms with Crippen molar-refractivity contribution in [3.8, 4) is 0 Å². The van der Waals surface area contributed by atoms with Crippen LogP contribution in [0.15, 0.2) is 0 Å². The van der Waals surface area contributed by atoms with E-state index in [-0.39, 0.29) is 103 Å². The van der Waals surface area contributed by atoms with Gasteiger partial charge in [-0.05, 0) is 19.3 Å². The Balaban J connectivity index is 0.813. The predicted octanol–water partition coefficient (Wildman–Crippen LogP) is 0.315. The topological polar surface area (TPSA) is 258 Å². The molecule has 0 aliphatic carbocycles. The van der Waals surface area contributed by atoms with E-state index in [0.29, 0.717) is 25.7 Å². The molecule has 30 aliphatic heterocycles. The van der Waals surface area contributed by atoms with Gasteiger partial charge in [-0.15, -0.1) is 0 Å². The van der Waals surface area contributed by atoms with Crippen LogP contribution in [0.1, 0.15) is 84.5 Å². The molecule has 0 spiro atoms. The molecule has 30 heterocycles. The molecule has 0 aromatic heterocycles. The summed E-state index contributed by atoms with van der Waals surface area (Å²) in [6.07, 6.45) is -10.1. The lowest BCUT2D eigenvalue weighted by Gasteiger charge is -2.43. The average Bonchev–Trinajstić information content (AvgIpc) is 3.32. The molecule has 30 aliphatic rings. The van der Waals surface area contributed by atoms with Crippen LogP contribution in [0.2, 0.25) is 0 Å². The van der Waals surface area contributed by atoms with Gasteiger partial charge in [0, 0.05) is 57.5 Å². The summed E-state index contributed by atoms with van der Waals surface area (Å²) in [6, 6.07) is 0. The van der Waals surface area contributed by atoms with Crippen LogP contribution in [0.25, 0.3) is 0 Å². The monoisotopic (exact) mass is 980 g/mol. The van der Waals surface area contributed by atoms with Crippen molar-refractivity contribution in [3.05, 3.63) is 0 Å². The zero-order valence-electron chi connectivity index (χ0n) is 39.5. The molecule has 0 saturated carbocycles. The second-order valence-electron chi connectivity index (χ2n) is 20.1. The second-order valence-corrected chi connectivity index (χ2v) is 20.1. The molecule has 0 aromatic rings. The third-order valence-electron chi connectivity index (χ3n) is 14.4. The van der Waals surface area contributed by atoms with Gasteiger partial charge < -0.3 is 106 Å². The molecule has 30 saturated heterocycles. The molecule has 0 unspecified atom stereocenters. The first kappa shape index (κ1) is 52.0. The van der Waals surface area contributed by atoms with E-state index in [4.69, 9.17) is 80.5 Å². The molecule has 0 aromatic carbocycles. The van der Waals surface area contributed by atoms with Gasteiger partial charge in [-0.1, -0.05) is 26.7 Å². The highest BCUT2D eigenvalue weighted by Gasteiger charge is 2.46. The van der Waals surface area contributed by atoms with Crippen LogP contribution in [0, 0.1) is 11.8 Å². The summed E-state index contributed by atoms with van der Waals surface area (Å²) in [5.74, 6) is -0.0712. The van der Waals surface area contributed by atoms with Gasteiger partial charge in [0.1, 0.15) is 36.6 Å². The molecule has 30 rings (SSSR count). The smallest absolute Gasteiger partial charge is 0.184 e. The molecule has 24 atom stereocenters. The first-order valence-electron chi connectivity index (χ1n) is 25.1. The number of rotatable bonds is 4. The minimum Gasteiger partial charge on any atom is -0.388 e. The molecular weight excluding hydrogens is 904 g/mol. The maximum atomic E-state index is 11.2. The lowest BCUT2D eigenvalue weighted by Crippen LogP contribution is -2.53. The largest absolute Gasteiger partial charge is 0.388 e. The zero-order valence-corrected chi connectivity index (χ0v) is 39.5. The number of aliphatic hydroxyl groups excluding tert-OH is 5. The lowest BCUT2D eigenvalue weighted by molar-refractivity contribution is -0.335. The summed E-state index contributed by atoms with van der Waals surface area (Å²) in [5, 5.41) is 55.5. The van der Waals surface area contributed by atoms with Crippen molar-refractivity contribution >= 4 is 0 Å². The minimum atomic E-state index is -1.03. The molecule has 16 bridgehead atoms. The van der Waals surface area contributed by atoms with Gasteiger partial charge in [0.25, 0.3) is 0 Å². The van der Waals surface area contributed by atoms with Crippen molar-refractivity contribution < 1.29 is 106 Å². The number of aliphatic hydroxyl groups is 5. The highest BCUT2D eigenvalue weighted by molar-refractivity contribution is 4.86. The molecule has 5 N–H and O–H groups in total. The second kappa shape index (κ2) is 24.4. The van der Waals surface area contributed by atoms with Crippen LogP contribution in [0.3, 0.4) is 0 Å². The van der Waals surface area contributed by atoms with Gasteiger partial charge in [0.2, 0.25) is 0 Å². The summed E-state index contributed by atoms with van der Waals surface area (Å²) in [4.78, 5) is 0. The van der Waals surface area contributed by atoms with Crippen LogP contribution in [0.5, 0.6) is 0 Å². The zero-order chi connectivity index (χ0) is 47.3. The molecule has 0 radical (unpaired) electrons. The highest BCUT2D eigenvalue weighted by Crippen LogP contribution is 2.36. The Morgan fingerprint density at radius 2 is 0.662 bits per heavy atom. The van der Waals surface area contributed by atoms with Crippen LogP contribution in [0.4, 0.5) is 0 Å². The SMILES string of the molecule is CCCC[C@@H]1C[C@H]2CO[C@@H]1O[C@@H]1CO[C@H](O[C@@H]3CO[C@H](O[C@@H]4CO[C@H](O[C@@H]5CO[C@H](O[C@@H]6CO[C@H](O[C@@H]7CO[C@H](O[C@@H]8CO[C@H](O2)[C@H](O)C8)[C@H](C)C7)[C@H](O)C6)[C@H](O)C5)[C@H](OC)C4)[C@H](O)C3)[C@H](O)C1. The normalized spacial score (nSPS) is 50.5. The summed E-state index contributed by atoms with van der Waals surface area (Å²) in [7, 11) is 1.55. The number of hydrogen-bond acceptors (Lipinski definition) is 22. The fraction of sp³-hybridized carbons (Fsp3) is 1.00. The van der Waals surface area contributed by atoms with Crippen LogP contribution in [-0.4, -0.2) is 221 Å². The number of unbranched alkanes of at least 4 members (excludes halogenated alkanes) is 1. The fourth-order valence-electron chi connectivity index (χ4n) is 10.7. The van der Waals surface area contributed by atoms with E-state index in [1.54, 1.807) is 7.11 Å². The van der Waals surface area contributed by atoms with E-state index in [0.717, 1.165) is 19.3 Å². The maximum Gasteiger partial charge on any atom is 0.184 e. The van der Waals surface area contributed by atoms with Crippen molar-refractivity contribution in [3.63, 3.8) is 0 Å². The Bertz CT molecular complexity index is 1520. The molecule has 30 fully saturated rings. The molecule has 0 amide bonds. The van der Waals surface area contributed by atoms with E-state index in [2.05, 4.69) is 6.92 Å². The number of ether oxygens (including phenoxy) is 17. The Morgan fingerprint density at radius 1 is 0.368 bits per heavy atom. The van der Waals surface area contributed by atoms with Crippen molar-refractivity contribution in [1.29, 1.82) is 0 Å². The van der Waals surface area contributed by atoms with Gasteiger partial charge >= 0.3 is 0 Å². The first-order chi connectivity index (χ1) is 33.0. The molecule has 392 valence electrons.